The Hall–Kier alpha value is -2.34. The SMILES string of the molecule is Cc1cccc(Nc2ccc(F)cc2C#N)c1C. The molecular weight excluding hydrogens is 227 g/mol. The fraction of sp³-hybridized carbons (Fsp3) is 0.133. The molecule has 3 heteroatoms. The Balaban J connectivity index is 2.41. The van der Waals surface area contributed by atoms with Crippen LogP contribution in [-0.4, -0.2) is 0 Å². The predicted octanol–water partition coefficient (Wildman–Crippen LogP) is 4.06. The van der Waals surface area contributed by atoms with E-state index in [1.807, 2.05) is 38.1 Å². The molecule has 0 saturated heterocycles. The summed E-state index contributed by atoms with van der Waals surface area (Å²) in [6, 6.07) is 12.0. The van der Waals surface area contributed by atoms with Gasteiger partial charge in [0.05, 0.1) is 11.3 Å². The van der Waals surface area contributed by atoms with Crippen molar-refractivity contribution in [3.63, 3.8) is 0 Å². The Morgan fingerprint density at radius 2 is 1.89 bits per heavy atom. The molecule has 0 heterocycles. The van der Waals surface area contributed by atoms with Crippen molar-refractivity contribution in [2.24, 2.45) is 0 Å². The summed E-state index contributed by atoms with van der Waals surface area (Å²) in [5.74, 6) is -0.405. The number of nitrogens with one attached hydrogen (secondary N) is 1. The maximum Gasteiger partial charge on any atom is 0.124 e. The molecule has 2 aromatic rings. The van der Waals surface area contributed by atoms with Gasteiger partial charge in [-0.25, -0.2) is 4.39 Å². The highest BCUT2D eigenvalue weighted by Gasteiger charge is 2.06. The highest BCUT2D eigenvalue weighted by molar-refractivity contribution is 5.69. The lowest BCUT2D eigenvalue weighted by atomic mass is 10.1. The van der Waals surface area contributed by atoms with E-state index in [0.29, 0.717) is 11.3 Å². The molecule has 0 unspecified atom stereocenters. The first-order valence-corrected chi connectivity index (χ1v) is 5.64. The van der Waals surface area contributed by atoms with Crippen LogP contribution >= 0.6 is 0 Å². The van der Waals surface area contributed by atoms with Crippen LogP contribution in [0.5, 0.6) is 0 Å². The summed E-state index contributed by atoms with van der Waals surface area (Å²) in [6.07, 6.45) is 0. The van der Waals surface area contributed by atoms with Gasteiger partial charge >= 0.3 is 0 Å². The zero-order chi connectivity index (χ0) is 13.1. The van der Waals surface area contributed by atoms with Crippen molar-refractivity contribution >= 4 is 11.4 Å². The highest BCUT2D eigenvalue weighted by atomic mass is 19.1. The van der Waals surface area contributed by atoms with Gasteiger partial charge in [-0.2, -0.15) is 5.26 Å². The molecular formula is C15H13FN2. The lowest BCUT2D eigenvalue weighted by Gasteiger charge is -2.12. The molecule has 90 valence electrons. The van der Waals surface area contributed by atoms with Gasteiger partial charge in [0.25, 0.3) is 0 Å². The molecule has 2 nitrogen and oxygen atoms in total. The minimum absolute atomic E-state index is 0.302. The number of nitrogens with zero attached hydrogens (tertiary/aromatic N) is 1. The smallest absolute Gasteiger partial charge is 0.124 e. The molecule has 0 radical (unpaired) electrons. The van der Waals surface area contributed by atoms with Crippen LogP contribution in [-0.2, 0) is 0 Å². The largest absolute Gasteiger partial charge is 0.354 e. The molecule has 0 saturated carbocycles. The van der Waals surface area contributed by atoms with Crippen LogP contribution in [0.4, 0.5) is 15.8 Å². The van der Waals surface area contributed by atoms with E-state index in [9.17, 15) is 4.39 Å². The Morgan fingerprint density at radius 3 is 2.61 bits per heavy atom. The maximum atomic E-state index is 13.0. The molecule has 0 aliphatic carbocycles. The zero-order valence-corrected chi connectivity index (χ0v) is 10.3. The van der Waals surface area contributed by atoms with E-state index in [2.05, 4.69) is 5.32 Å². The van der Waals surface area contributed by atoms with Crippen LogP contribution in [0.2, 0.25) is 0 Å². The first-order chi connectivity index (χ1) is 8.61. The first-order valence-electron chi connectivity index (χ1n) is 5.64. The molecule has 0 aromatic heterocycles. The van der Waals surface area contributed by atoms with Crippen molar-refractivity contribution in [1.29, 1.82) is 5.26 Å². The number of hydrogen-bond acceptors (Lipinski definition) is 2. The molecule has 0 fully saturated rings. The number of rotatable bonds is 2. The fourth-order valence-electron chi connectivity index (χ4n) is 1.75. The van der Waals surface area contributed by atoms with Gasteiger partial charge in [-0.05, 0) is 49.2 Å². The van der Waals surface area contributed by atoms with E-state index in [4.69, 9.17) is 5.26 Å². The van der Waals surface area contributed by atoms with Crippen molar-refractivity contribution in [3.05, 3.63) is 58.9 Å². The first kappa shape index (κ1) is 12.1. The summed E-state index contributed by atoms with van der Waals surface area (Å²) in [5.41, 5.74) is 4.13. The molecule has 2 aromatic carbocycles. The minimum Gasteiger partial charge on any atom is -0.354 e. The van der Waals surface area contributed by atoms with E-state index in [0.717, 1.165) is 11.3 Å². The van der Waals surface area contributed by atoms with Gasteiger partial charge in [0, 0.05) is 5.69 Å². The van der Waals surface area contributed by atoms with Crippen molar-refractivity contribution in [2.45, 2.75) is 13.8 Å². The van der Waals surface area contributed by atoms with Gasteiger partial charge in [0.1, 0.15) is 11.9 Å². The Kier molecular flexibility index (Phi) is 3.29. The number of benzene rings is 2. The van der Waals surface area contributed by atoms with Crippen LogP contribution < -0.4 is 5.32 Å². The molecule has 0 atom stereocenters. The zero-order valence-electron chi connectivity index (χ0n) is 10.3. The van der Waals surface area contributed by atoms with Gasteiger partial charge in [-0.1, -0.05) is 12.1 Å². The quantitative estimate of drug-likeness (QED) is 0.859. The van der Waals surface area contributed by atoms with Crippen LogP contribution in [0.3, 0.4) is 0 Å². The number of aryl methyl sites for hydroxylation is 1. The summed E-state index contributed by atoms with van der Waals surface area (Å²) in [4.78, 5) is 0. The van der Waals surface area contributed by atoms with E-state index in [1.54, 1.807) is 6.07 Å². The summed E-state index contributed by atoms with van der Waals surface area (Å²) in [6.45, 7) is 4.03. The number of halogens is 1. The topological polar surface area (TPSA) is 35.8 Å². The summed E-state index contributed by atoms with van der Waals surface area (Å²) < 4.78 is 13.0. The van der Waals surface area contributed by atoms with E-state index >= 15 is 0 Å². The molecule has 0 amide bonds. The van der Waals surface area contributed by atoms with Gasteiger partial charge in [0.15, 0.2) is 0 Å². The van der Waals surface area contributed by atoms with Gasteiger partial charge in [-0.15, -0.1) is 0 Å². The Morgan fingerprint density at radius 1 is 1.11 bits per heavy atom. The van der Waals surface area contributed by atoms with Gasteiger partial charge < -0.3 is 5.32 Å². The van der Waals surface area contributed by atoms with Crippen LogP contribution in [0.25, 0.3) is 0 Å². The van der Waals surface area contributed by atoms with E-state index < -0.39 is 5.82 Å². The van der Waals surface area contributed by atoms with Crippen LogP contribution in [0.1, 0.15) is 16.7 Å². The van der Waals surface area contributed by atoms with Crippen molar-refractivity contribution < 1.29 is 4.39 Å². The molecule has 0 aliphatic heterocycles. The van der Waals surface area contributed by atoms with Gasteiger partial charge in [-0.3, -0.25) is 0 Å². The minimum atomic E-state index is -0.405. The second-order valence-electron chi connectivity index (χ2n) is 4.17. The number of anilines is 2. The average molecular weight is 240 g/mol. The van der Waals surface area contributed by atoms with Gasteiger partial charge in [0.2, 0.25) is 0 Å². The highest BCUT2D eigenvalue weighted by Crippen LogP contribution is 2.25. The van der Waals surface area contributed by atoms with Crippen molar-refractivity contribution in [3.8, 4) is 6.07 Å². The van der Waals surface area contributed by atoms with Crippen molar-refractivity contribution in [2.75, 3.05) is 5.32 Å². The van der Waals surface area contributed by atoms with Crippen LogP contribution in [0.15, 0.2) is 36.4 Å². The molecule has 0 spiro atoms. The summed E-state index contributed by atoms with van der Waals surface area (Å²) in [5, 5.41) is 12.2. The normalized spacial score (nSPS) is 9.89. The molecule has 1 N–H and O–H groups in total. The monoisotopic (exact) mass is 240 g/mol. The van der Waals surface area contributed by atoms with E-state index in [-0.39, 0.29) is 0 Å². The average Bonchev–Trinajstić information content (AvgIpc) is 2.37. The number of nitriles is 1. The fourth-order valence-corrected chi connectivity index (χ4v) is 1.75. The predicted molar refractivity (Wildman–Crippen MR) is 70.3 cm³/mol. The molecule has 0 bridgehead atoms. The molecule has 0 aliphatic rings. The maximum absolute atomic E-state index is 13.0. The third kappa shape index (κ3) is 2.33. The Labute approximate surface area is 106 Å². The summed E-state index contributed by atoms with van der Waals surface area (Å²) in [7, 11) is 0. The second kappa shape index (κ2) is 4.89. The summed E-state index contributed by atoms with van der Waals surface area (Å²) >= 11 is 0. The van der Waals surface area contributed by atoms with Crippen LogP contribution in [0, 0.1) is 31.0 Å². The number of hydrogen-bond donors (Lipinski definition) is 1. The third-order valence-electron chi connectivity index (χ3n) is 2.98. The molecule has 18 heavy (non-hydrogen) atoms. The lowest BCUT2D eigenvalue weighted by molar-refractivity contribution is 0.627. The standard InChI is InChI=1S/C15H13FN2/c1-10-4-3-5-14(11(10)2)18-15-7-6-13(16)8-12(15)9-17/h3-8,18H,1-2H3. The molecule has 2 rings (SSSR count). The Bertz CT molecular complexity index is 627. The second-order valence-corrected chi connectivity index (χ2v) is 4.17. The third-order valence-corrected chi connectivity index (χ3v) is 2.98. The lowest BCUT2D eigenvalue weighted by Crippen LogP contribution is -1.97. The van der Waals surface area contributed by atoms with Crippen molar-refractivity contribution in [1.82, 2.24) is 0 Å². The van der Waals surface area contributed by atoms with E-state index in [1.165, 1.54) is 17.7 Å².